The summed E-state index contributed by atoms with van der Waals surface area (Å²) in [5, 5.41) is 9.40. The average Bonchev–Trinajstić information content (AvgIpc) is 3.32. The van der Waals surface area contributed by atoms with Gasteiger partial charge in [-0.3, -0.25) is 4.79 Å². The summed E-state index contributed by atoms with van der Waals surface area (Å²) in [6.45, 7) is 1.26. The molecule has 0 saturated heterocycles. The first kappa shape index (κ1) is 16.3. The number of aromatic nitrogens is 4. The van der Waals surface area contributed by atoms with E-state index in [1.807, 2.05) is 41.3 Å². The minimum absolute atomic E-state index is 0.0886. The van der Waals surface area contributed by atoms with Crippen molar-refractivity contribution in [1.82, 2.24) is 24.9 Å². The molecule has 0 atom stereocenters. The molecule has 0 saturated carbocycles. The largest absolute Gasteiger partial charge is 0.358 e. The molecule has 5 rings (SSSR count). The summed E-state index contributed by atoms with van der Waals surface area (Å²) in [4.78, 5) is 18.3. The fraction of sp³-hybridized carbons (Fsp3) is 0.150. The highest BCUT2D eigenvalue weighted by molar-refractivity contribution is 9.10. The van der Waals surface area contributed by atoms with Crippen molar-refractivity contribution < 1.29 is 4.79 Å². The van der Waals surface area contributed by atoms with Gasteiger partial charge in [0.1, 0.15) is 0 Å². The molecule has 2 aromatic carbocycles. The molecular weight excluding hydrogens is 406 g/mol. The monoisotopic (exact) mass is 421 g/mol. The third kappa shape index (κ3) is 2.84. The second-order valence-corrected chi connectivity index (χ2v) is 7.54. The number of nitrogens with zero attached hydrogens (tertiary/aromatic N) is 4. The van der Waals surface area contributed by atoms with Gasteiger partial charge < -0.3 is 9.88 Å². The molecule has 0 bridgehead atoms. The van der Waals surface area contributed by atoms with Crippen LogP contribution in [0, 0.1) is 0 Å². The van der Waals surface area contributed by atoms with E-state index in [1.54, 1.807) is 10.9 Å². The van der Waals surface area contributed by atoms with Crippen molar-refractivity contribution in [2.75, 3.05) is 6.54 Å². The van der Waals surface area contributed by atoms with E-state index in [2.05, 4.69) is 43.4 Å². The normalized spacial score (nSPS) is 13.7. The maximum atomic E-state index is 13.0. The summed E-state index contributed by atoms with van der Waals surface area (Å²) >= 11 is 3.42. The number of aromatic amines is 1. The van der Waals surface area contributed by atoms with E-state index >= 15 is 0 Å². The lowest BCUT2D eigenvalue weighted by Gasteiger charge is -2.26. The van der Waals surface area contributed by atoms with Gasteiger partial charge in [-0.05, 0) is 30.3 Å². The Morgan fingerprint density at radius 1 is 1.11 bits per heavy atom. The van der Waals surface area contributed by atoms with Crippen molar-refractivity contribution in [3.05, 3.63) is 76.2 Å². The van der Waals surface area contributed by atoms with E-state index in [9.17, 15) is 4.79 Å². The fourth-order valence-electron chi connectivity index (χ4n) is 3.58. The lowest BCUT2D eigenvalue weighted by atomic mass is 10.0. The van der Waals surface area contributed by atoms with Gasteiger partial charge in [0.05, 0.1) is 11.9 Å². The Morgan fingerprint density at radius 2 is 1.93 bits per heavy atom. The summed E-state index contributed by atoms with van der Waals surface area (Å²) in [5.41, 5.74) is 4.77. The molecule has 134 valence electrons. The molecule has 4 aromatic rings. The molecule has 1 aliphatic rings. The molecule has 0 spiro atoms. The van der Waals surface area contributed by atoms with Crippen LogP contribution in [-0.4, -0.2) is 37.3 Å². The molecule has 27 heavy (non-hydrogen) atoms. The highest BCUT2D eigenvalue weighted by atomic mass is 79.9. The third-order valence-electron chi connectivity index (χ3n) is 4.97. The van der Waals surface area contributed by atoms with Crippen LogP contribution in [0.1, 0.15) is 21.7 Å². The molecule has 1 amide bonds. The number of H-pyrrole nitrogens is 1. The molecule has 3 heterocycles. The average molecular weight is 422 g/mol. The zero-order valence-corrected chi connectivity index (χ0v) is 16.0. The Hall–Kier alpha value is -2.93. The topological polar surface area (TPSA) is 66.8 Å². The van der Waals surface area contributed by atoms with Crippen LogP contribution in [-0.2, 0) is 13.0 Å². The van der Waals surface area contributed by atoms with Crippen LogP contribution in [0.5, 0.6) is 0 Å². The van der Waals surface area contributed by atoms with Gasteiger partial charge in [0.2, 0.25) is 0 Å². The number of fused-ring (bicyclic) bond motifs is 3. The van der Waals surface area contributed by atoms with Gasteiger partial charge in [0, 0.05) is 46.1 Å². The van der Waals surface area contributed by atoms with Crippen LogP contribution in [0.2, 0.25) is 0 Å². The molecule has 1 aliphatic heterocycles. The Bertz CT molecular complexity index is 1140. The minimum Gasteiger partial charge on any atom is -0.358 e. The van der Waals surface area contributed by atoms with E-state index in [1.165, 1.54) is 16.6 Å². The van der Waals surface area contributed by atoms with Crippen LogP contribution in [0.3, 0.4) is 0 Å². The van der Waals surface area contributed by atoms with Gasteiger partial charge in [-0.1, -0.05) is 39.3 Å². The molecule has 6 nitrogen and oxygen atoms in total. The predicted molar refractivity (Wildman–Crippen MR) is 106 cm³/mol. The maximum absolute atomic E-state index is 13.0. The first-order valence-electron chi connectivity index (χ1n) is 8.75. The van der Waals surface area contributed by atoms with Crippen molar-refractivity contribution in [2.45, 2.75) is 13.0 Å². The standard InChI is InChI=1S/C20H16BrN5O/c21-13-5-7-14(8-6-13)26-12-19(23-24-26)20(27)25-10-9-18-16(11-25)15-3-1-2-4-17(15)22-18/h1-8,12,22H,9-11H2. The van der Waals surface area contributed by atoms with Crippen LogP contribution in [0.15, 0.2) is 59.2 Å². The Labute approximate surface area is 163 Å². The summed E-state index contributed by atoms with van der Waals surface area (Å²) in [6, 6.07) is 15.9. The molecule has 0 unspecified atom stereocenters. The Balaban J connectivity index is 1.41. The molecule has 0 radical (unpaired) electrons. The molecule has 1 N–H and O–H groups in total. The number of benzene rings is 2. The summed E-state index contributed by atoms with van der Waals surface area (Å²) < 4.78 is 2.62. The number of nitrogens with one attached hydrogen (secondary N) is 1. The van der Waals surface area contributed by atoms with E-state index in [0.717, 1.165) is 22.1 Å². The fourth-order valence-corrected chi connectivity index (χ4v) is 3.85. The number of hydrogen-bond acceptors (Lipinski definition) is 3. The Kier molecular flexibility index (Phi) is 3.82. The van der Waals surface area contributed by atoms with E-state index in [-0.39, 0.29) is 5.91 Å². The van der Waals surface area contributed by atoms with Crippen LogP contribution >= 0.6 is 15.9 Å². The maximum Gasteiger partial charge on any atom is 0.276 e. The first-order valence-corrected chi connectivity index (χ1v) is 9.54. The molecule has 0 fully saturated rings. The lowest BCUT2D eigenvalue weighted by Crippen LogP contribution is -2.36. The molecule has 0 aliphatic carbocycles. The van der Waals surface area contributed by atoms with Gasteiger partial charge in [-0.25, -0.2) is 4.68 Å². The zero-order chi connectivity index (χ0) is 18.4. The smallest absolute Gasteiger partial charge is 0.276 e. The molecular formula is C20H16BrN5O. The van der Waals surface area contributed by atoms with Crippen molar-refractivity contribution >= 4 is 32.7 Å². The van der Waals surface area contributed by atoms with Gasteiger partial charge >= 0.3 is 0 Å². The number of amides is 1. The van der Waals surface area contributed by atoms with E-state index < -0.39 is 0 Å². The van der Waals surface area contributed by atoms with Crippen LogP contribution in [0.25, 0.3) is 16.6 Å². The summed E-state index contributed by atoms with van der Waals surface area (Å²) in [5.74, 6) is -0.0886. The third-order valence-corrected chi connectivity index (χ3v) is 5.50. The highest BCUT2D eigenvalue weighted by Gasteiger charge is 2.26. The number of halogens is 1. The van der Waals surface area contributed by atoms with Gasteiger partial charge in [0.15, 0.2) is 5.69 Å². The second kappa shape index (κ2) is 6.35. The van der Waals surface area contributed by atoms with Crippen molar-refractivity contribution in [3.63, 3.8) is 0 Å². The van der Waals surface area contributed by atoms with Crippen LogP contribution in [0.4, 0.5) is 0 Å². The number of hydrogen-bond donors (Lipinski definition) is 1. The second-order valence-electron chi connectivity index (χ2n) is 6.63. The van der Waals surface area contributed by atoms with Gasteiger partial charge in [-0.2, -0.15) is 0 Å². The number of rotatable bonds is 2. The Morgan fingerprint density at radius 3 is 2.78 bits per heavy atom. The van der Waals surface area contributed by atoms with Gasteiger partial charge in [0.25, 0.3) is 5.91 Å². The molecule has 2 aromatic heterocycles. The van der Waals surface area contributed by atoms with Crippen LogP contribution < -0.4 is 0 Å². The first-order chi connectivity index (χ1) is 13.2. The van der Waals surface area contributed by atoms with Crippen molar-refractivity contribution in [3.8, 4) is 5.69 Å². The van der Waals surface area contributed by atoms with Crippen molar-refractivity contribution in [2.24, 2.45) is 0 Å². The molecule has 7 heteroatoms. The highest BCUT2D eigenvalue weighted by Crippen LogP contribution is 2.28. The van der Waals surface area contributed by atoms with E-state index in [4.69, 9.17) is 0 Å². The number of carbonyl (C=O) groups excluding carboxylic acids is 1. The minimum atomic E-state index is -0.0886. The van der Waals surface area contributed by atoms with E-state index in [0.29, 0.717) is 18.8 Å². The predicted octanol–water partition coefficient (Wildman–Crippen LogP) is 3.71. The summed E-state index contributed by atoms with van der Waals surface area (Å²) in [6.07, 6.45) is 2.51. The number of carbonyl (C=O) groups is 1. The summed E-state index contributed by atoms with van der Waals surface area (Å²) in [7, 11) is 0. The SMILES string of the molecule is O=C(c1cn(-c2ccc(Br)cc2)nn1)N1CCc2[nH]c3ccccc3c2C1. The lowest BCUT2D eigenvalue weighted by molar-refractivity contribution is 0.0729. The number of para-hydroxylation sites is 1. The van der Waals surface area contributed by atoms with Gasteiger partial charge in [-0.15, -0.1) is 5.10 Å². The van der Waals surface area contributed by atoms with Crippen molar-refractivity contribution in [1.29, 1.82) is 0 Å². The zero-order valence-electron chi connectivity index (χ0n) is 14.4. The quantitative estimate of drug-likeness (QED) is 0.536.